The number of nitrogens with zero attached hydrogens (tertiary/aromatic N) is 2. The number of hydrogen-bond donors (Lipinski definition) is 0. The number of carbonyl (C=O) groups is 1. The predicted octanol–water partition coefficient (Wildman–Crippen LogP) is 4.26. The molecule has 1 aromatic carbocycles. The molecular weight excluding hydrogens is 388 g/mol. The third kappa shape index (κ3) is 4.19. The van der Waals surface area contributed by atoms with E-state index in [1.807, 2.05) is 29.6 Å². The molecule has 1 saturated carbocycles. The standard InChI is InChI=1S/C22H24N2O4S/c1-14-4-3-5-17(10-14)28-19(25)11-24-13-23-21-20(22(24)26)18(12-29-21)15-6-8-16(27-2)9-7-15/h6-9,12-14,17H,3-5,10-11H2,1-2H3. The van der Waals surface area contributed by atoms with Gasteiger partial charge in [-0.1, -0.05) is 25.5 Å². The Balaban J connectivity index is 1.58. The summed E-state index contributed by atoms with van der Waals surface area (Å²) in [6.07, 6.45) is 5.43. The Kier molecular flexibility index (Phi) is 5.67. The van der Waals surface area contributed by atoms with Crippen LogP contribution in [0.1, 0.15) is 32.6 Å². The van der Waals surface area contributed by atoms with E-state index in [0.29, 0.717) is 16.1 Å². The van der Waals surface area contributed by atoms with Gasteiger partial charge in [-0.2, -0.15) is 0 Å². The molecule has 1 aliphatic rings. The van der Waals surface area contributed by atoms with Crippen molar-refractivity contribution in [2.24, 2.45) is 5.92 Å². The van der Waals surface area contributed by atoms with Crippen LogP contribution in [0.25, 0.3) is 21.3 Å². The van der Waals surface area contributed by atoms with Crippen LogP contribution in [0, 0.1) is 5.92 Å². The molecule has 29 heavy (non-hydrogen) atoms. The molecule has 0 bridgehead atoms. The Morgan fingerprint density at radius 3 is 2.79 bits per heavy atom. The Hall–Kier alpha value is -2.67. The van der Waals surface area contributed by atoms with Crippen molar-refractivity contribution in [3.8, 4) is 16.9 Å². The molecule has 0 amide bonds. The van der Waals surface area contributed by atoms with Crippen LogP contribution >= 0.6 is 11.3 Å². The maximum atomic E-state index is 13.1. The number of ether oxygens (including phenoxy) is 2. The Labute approximate surface area is 173 Å². The summed E-state index contributed by atoms with van der Waals surface area (Å²) in [5.74, 6) is 0.942. The van der Waals surface area contributed by atoms with Crippen LogP contribution in [0.5, 0.6) is 5.75 Å². The van der Waals surface area contributed by atoms with Crippen LogP contribution in [0.15, 0.2) is 40.8 Å². The Morgan fingerprint density at radius 2 is 2.07 bits per heavy atom. The molecule has 2 atom stereocenters. The highest BCUT2D eigenvalue weighted by molar-refractivity contribution is 7.17. The average molecular weight is 413 g/mol. The van der Waals surface area contributed by atoms with Gasteiger partial charge in [-0.25, -0.2) is 4.98 Å². The molecule has 6 nitrogen and oxygen atoms in total. The summed E-state index contributed by atoms with van der Waals surface area (Å²) in [5, 5.41) is 2.45. The second kappa shape index (κ2) is 8.37. The van der Waals surface area contributed by atoms with Crippen molar-refractivity contribution in [1.29, 1.82) is 0 Å². The van der Waals surface area contributed by atoms with Crippen molar-refractivity contribution >= 4 is 27.5 Å². The molecule has 1 fully saturated rings. The van der Waals surface area contributed by atoms with Crippen molar-refractivity contribution in [3.05, 3.63) is 46.3 Å². The fraction of sp³-hybridized carbons (Fsp3) is 0.409. The van der Waals surface area contributed by atoms with E-state index in [4.69, 9.17) is 9.47 Å². The van der Waals surface area contributed by atoms with Gasteiger partial charge in [-0.05, 0) is 42.9 Å². The summed E-state index contributed by atoms with van der Waals surface area (Å²) in [4.78, 5) is 30.5. The minimum absolute atomic E-state index is 0.0466. The van der Waals surface area contributed by atoms with Crippen molar-refractivity contribution in [2.75, 3.05) is 7.11 Å². The summed E-state index contributed by atoms with van der Waals surface area (Å²) in [7, 11) is 1.62. The summed E-state index contributed by atoms with van der Waals surface area (Å²) in [5.41, 5.74) is 1.50. The monoisotopic (exact) mass is 412 g/mol. The number of fused-ring (bicyclic) bond motifs is 1. The number of thiophene rings is 1. The van der Waals surface area contributed by atoms with Gasteiger partial charge in [0.2, 0.25) is 0 Å². The van der Waals surface area contributed by atoms with E-state index < -0.39 is 0 Å². The molecule has 3 aromatic rings. The first-order chi connectivity index (χ1) is 14.0. The quantitative estimate of drug-likeness (QED) is 0.586. The third-order valence-electron chi connectivity index (χ3n) is 5.45. The highest BCUT2D eigenvalue weighted by Gasteiger charge is 2.23. The van der Waals surface area contributed by atoms with Crippen molar-refractivity contribution in [1.82, 2.24) is 9.55 Å². The van der Waals surface area contributed by atoms with Gasteiger partial charge in [-0.15, -0.1) is 11.3 Å². The fourth-order valence-corrected chi connectivity index (χ4v) is 4.82. The largest absolute Gasteiger partial charge is 0.497 e. The lowest BCUT2D eigenvalue weighted by Gasteiger charge is -2.26. The number of carbonyl (C=O) groups excluding carboxylic acids is 1. The molecule has 4 rings (SSSR count). The fourth-order valence-electron chi connectivity index (χ4n) is 3.91. The van der Waals surface area contributed by atoms with Gasteiger partial charge in [0.15, 0.2) is 0 Å². The van der Waals surface area contributed by atoms with Gasteiger partial charge >= 0.3 is 5.97 Å². The maximum absolute atomic E-state index is 13.1. The van der Waals surface area contributed by atoms with Crippen molar-refractivity contribution in [2.45, 2.75) is 45.3 Å². The molecule has 152 valence electrons. The van der Waals surface area contributed by atoms with Crippen molar-refractivity contribution in [3.63, 3.8) is 0 Å². The van der Waals surface area contributed by atoms with Crippen LogP contribution in [0.2, 0.25) is 0 Å². The number of hydrogen-bond acceptors (Lipinski definition) is 6. The minimum atomic E-state index is -0.381. The molecule has 0 saturated heterocycles. The van der Waals surface area contributed by atoms with Crippen LogP contribution in [-0.2, 0) is 16.1 Å². The van der Waals surface area contributed by atoms with E-state index in [-0.39, 0.29) is 24.2 Å². The molecule has 7 heteroatoms. The lowest BCUT2D eigenvalue weighted by atomic mass is 9.89. The zero-order valence-electron chi connectivity index (χ0n) is 16.6. The highest BCUT2D eigenvalue weighted by atomic mass is 32.1. The first-order valence-corrected chi connectivity index (χ1v) is 10.7. The summed E-state index contributed by atoms with van der Waals surface area (Å²) in [6.45, 7) is 2.06. The van der Waals surface area contributed by atoms with E-state index in [0.717, 1.165) is 36.1 Å². The zero-order chi connectivity index (χ0) is 20.4. The normalized spacial score (nSPS) is 19.2. The molecule has 2 aromatic heterocycles. The summed E-state index contributed by atoms with van der Waals surface area (Å²) in [6, 6.07) is 7.54. The minimum Gasteiger partial charge on any atom is -0.497 e. The topological polar surface area (TPSA) is 70.4 Å². The average Bonchev–Trinajstić information content (AvgIpc) is 3.15. The SMILES string of the molecule is COc1ccc(-c2csc3ncn(CC(=O)OC4CCCC(C)C4)c(=O)c23)cc1. The van der Waals surface area contributed by atoms with Gasteiger partial charge in [0, 0.05) is 10.9 Å². The molecule has 2 heterocycles. The first-order valence-electron chi connectivity index (χ1n) is 9.85. The molecular formula is C22H24N2O4S. The van der Waals surface area contributed by atoms with Gasteiger partial charge in [0.25, 0.3) is 5.56 Å². The summed E-state index contributed by atoms with van der Waals surface area (Å²) >= 11 is 1.42. The van der Waals surface area contributed by atoms with Crippen molar-refractivity contribution < 1.29 is 14.3 Å². The number of methoxy groups -OCH3 is 1. The maximum Gasteiger partial charge on any atom is 0.326 e. The third-order valence-corrected chi connectivity index (χ3v) is 6.33. The molecule has 1 aliphatic carbocycles. The smallest absolute Gasteiger partial charge is 0.326 e. The number of rotatable bonds is 5. The Morgan fingerprint density at radius 1 is 1.28 bits per heavy atom. The van der Waals surface area contributed by atoms with Gasteiger partial charge in [-0.3, -0.25) is 14.2 Å². The van der Waals surface area contributed by atoms with E-state index >= 15 is 0 Å². The van der Waals surface area contributed by atoms with Gasteiger partial charge in [0.05, 0.1) is 18.8 Å². The second-order valence-electron chi connectivity index (χ2n) is 7.62. The first kappa shape index (κ1) is 19.6. The summed E-state index contributed by atoms with van der Waals surface area (Å²) < 4.78 is 12.2. The lowest BCUT2D eigenvalue weighted by molar-refractivity contribution is -0.152. The van der Waals surface area contributed by atoms with Crippen LogP contribution < -0.4 is 10.3 Å². The molecule has 0 aliphatic heterocycles. The van der Waals surface area contributed by atoms with E-state index in [2.05, 4.69) is 11.9 Å². The molecule has 0 radical (unpaired) electrons. The van der Waals surface area contributed by atoms with Gasteiger partial charge in [0.1, 0.15) is 23.2 Å². The Bertz CT molecular complexity index is 1070. The number of esters is 1. The van der Waals surface area contributed by atoms with E-state index in [9.17, 15) is 9.59 Å². The number of benzene rings is 1. The van der Waals surface area contributed by atoms with E-state index in [1.165, 1.54) is 28.7 Å². The highest BCUT2D eigenvalue weighted by Crippen LogP contribution is 2.31. The van der Waals surface area contributed by atoms with E-state index in [1.54, 1.807) is 7.11 Å². The second-order valence-corrected chi connectivity index (χ2v) is 8.48. The van der Waals surface area contributed by atoms with Crippen LogP contribution in [0.3, 0.4) is 0 Å². The van der Waals surface area contributed by atoms with Crippen LogP contribution in [-0.4, -0.2) is 28.7 Å². The molecule has 0 N–H and O–H groups in total. The number of aromatic nitrogens is 2. The molecule has 2 unspecified atom stereocenters. The zero-order valence-corrected chi connectivity index (χ0v) is 17.4. The molecule has 0 spiro atoms. The lowest BCUT2D eigenvalue weighted by Crippen LogP contribution is -2.30. The predicted molar refractivity (Wildman–Crippen MR) is 113 cm³/mol. The van der Waals surface area contributed by atoms with Gasteiger partial charge < -0.3 is 9.47 Å². The van der Waals surface area contributed by atoms with Crippen LogP contribution in [0.4, 0.5) is 0 Å².